The van der Waals surface area contributed by atoms with Crippen molar-refractivity contribution >= 4 is 17.2 Å². The molecule has 6 nitrogen and oxygen atoms in total. The van der Waals surface area contributed by atoms with Crippen LogP contribution in [-0.2, 0) is 16.0 Å². The number of nitrogens with zero attached hydrogens (tertiary/aromatic N) is 3. The maximum atomic E-state index is 12.3. The van der Waals surface area contributed by atoms with Gasteiger partial charge in [0.1, 0.15) is 5.01 Å². The number of carbonyl (C=O) groups excluding carboxylic acids is 1. The molecule has 3 heterocycles. The lowest BCUT2D eigenvalue weighted by molar-refractivity contribution is -0.121. The van der Waals surface area contributed by atoms with Gasteiger partial charge in [-0.15, -0.1) is 11.3 Å². The third-order valence-electron chi connectivity index (χ3n) is 4.36. The van der Waals surface area contributed by atoms with E-state index in [1.54, 1.807) is 6.20 Å². The number of aromatic nitrogens is 2. The molecule has 0 spiro atoms. The number of nitrogens with one attached hydrogen (secondary N) is 1. The molecule has 25 heavy (non-hydrogen) atoms. The summed E-state index contributed by atoms with van der Waals surface area (Å²) in [6, 6.07) is 5.74. The number of pyridine rings is 1. The van der Waals surface area contributed by atoms with Crippen molar-refractivity contribution in [3.63, 3.8) is 0 Å². The summed E-state index contributed by atoms with van der Waals surface area (Å²) in [7, 11) is 0. The van der Waals surface area contributed by atoms with E-state index in [1.807, 2.05) is 23.6 Å². The molecule has 1 amide bonds. The van der Waals surface area contributed by atoms with Gasteiger partial charge in [-0.25, -0.2) is 4.98 Å². The lowest BCUT2D eigenvalue weighted by atomic mass is 10.0. The van der Waals surface area contributed by atoms with Crippen molar-refractivity contribution in [2.24, 2.45) is 0 Å². The van der Waals surface area contributed by atoms with Crippen LogP contribution in [0, 0.1) is 0 Å². The molecule has 0 atom stereocenters. The summed E-state index contributed by atoms with van der Waals surface area (Å²) in [5.74, 6) is -0.000736. The van der Waals surface area contributed by atoms with Gasteiger partial charge in [-0.05, 0) is 26.0 Å². The van der Waals surface area contributed by atoms with Crippen molar-refractivity contribution in [3.05, 3.63) is 35.5 Å². The highest BCUT2D eigenvalue weighted by atomic mass is 32.1. The lowest BCUT2D eigenvalue weighted by Gasteiger charge is -2.40. The molecule has 1 saturated heterocycles. The first kappa shape index (κ1) is 18.0. The van der Waals surface area contributed by atoms with Gasteiger partial charge in [0.2, 0.25) is 5.91 Å². The Morgan fingerprint density at radius 2 is 2.16 bits per heavy atom. The van der Waals surface area contributed by atoms with Crippen LogP contribution in [0.2, 0.25) is 0 Å². The first-order valence-corrected chi connectivity index (χ1v) is 9.38. The molecule has 7 heteroatoms. The van der Waals surface area contributed by atoms with Gasteiger partial charge in [0, 0.05) is 36.8 Å². The molecule has 0 aliphatic carbocycles. The molecule has 0 saturated carbocycles. The molecule has 0 unspecified atom stereocenters. The predicted molar refractivity (Wildman–Crippen MR) is 98.5 cm³/mol. The van der Waals surface area contributed by atoms with E-state index in [4.69, 9.17) is 4.74 Å². The smallest absolute Gasteiger partial charge is 0.226 e. The highest BCUT2D eigenvalue weighted by molar-refractivity contribution is 7.13. The van der Waals surface area contributed by atoms with Crippen LogP contribution in [0.4, 0.5) is 0 Å². The fourth-order valence-electron chi connectivity index (χ4n) is 2.82. The van der Waals surface area contributed by atoms with Gasteiger partial charge in [-0.3, -0.25) is 14.7 Å². The van der Waals surface area contributed by atoms with Crippen LogP contribution >= 0.6 is 11.3 Å². The second-order valence-corrected chi connectivity index (χ2v) is 7.58. The van der Waals surface area contributed by atoms with E-state index in [0.717, 1.165) is 42.7 Å². The third-order valence-corrected chi connectivity index (χ3v) is 5.28. The summed E-state index contributed by atoms with van der Waals surface area (Å²) in [5.41, 5.74) is 1.54. The molecule has 2 aromatic heterocycles. The van der Waals surface area contributed by atoms with Crippen LogP contribution in [0.1, 0.15) is 19.5 Å². The number of ether oxygens (including phenoxy) is 1. The average molecular weight is 360 g/mol. The number of amides is 1. The van der Waals surface area contributed by atoms with Crippen molar-refractivity contribution in [1.29, 1.82) is 0 Å². The average Bonchev–Trinajstić information content (AvgIpc) is 3.10. The molecule has 1 N–H and O–H groups in total. The fraction of sp³-hybridized carbons (Fsp3) is 0.500. The first-order valence-electron chi connectivity index (χ1n) is 8.50. The maximum absolute atomic E-state index is 12.3. The van der Waals surface area contributed by atoms with Crippen LogP contribution in [0.15, 0.2) is 29.8 Å². The van der Waals surface area contributed by atoms with Gasteiger partial charge in [-0.1, -0.05) is 6.07 Å². The standard InChI is InChI=1S/C18H24N4O2S/c1-18(2,22-7-9-24-10-8-22)13-20-16(23)11-14-12-25-17(21-14)15-5-3-4-6-19-15/h3-6,12H,7-11,13H2,1-2H3,(H,20,23). The Bertz CT molecular complexity index is 696. The maximum Gasteiger partial charge on any atom is 0.226 e. The van der Waals surface area contributed by atoms with Gasteiger partial charge in [-0.2, -0.15) is 0 Å². The van der Waals surface area contributed by atoms with Gasteiger partial charge in [0.05, 0.1) is 31.0 Å². The molecule has 134 valence electrons. The Balaban J connectivity index is 1.52. The number of thiazole rings is 1. The lowest BCUT2D eigenvalue weighted by Crippen LogP contribution is -2.55. The van der Waals surface area contributed by atoms with Crippen molar-refractivity contribution in [1.82, 2.24) is 20.2 Å². The monoisotopic (exact) mass is 360 g/mol. The third kappa shape index (κ3) is 4.84. The minimum absolute atomic E-state index is 0.000736. The van der Waals surface area contributed by atoms with Crippen molar-refractivity contribution in [2.45, 2.75) is 25.8 Å². The number of carbonyl (C=O) groups is 1. The summed E-state index contributed by atoms with van der Waals surface area (Å²) in [4.78, 5) is 23.5. The van der Waals surface area contributed by atoms with E-state index in [1.165, 1.54) is 11.3 Å². The Hall–Kier alpha value is -1.83. The van der Waals surface area contributed by atoms with E-state index in [9.17, 15) is 4.79 Å². The summed E-state index contributed by atoms with van der Waals surface area (Å²) in [6.07, 6.45) is 2.04. The van der Waals surface area contributed by atoms with Gasteiger partial charge < -0.3 is 10.1 Å². The number of rotatable bonds is 6. The topological polar surface area (TPSA) is 67.4 Å². The van der Waals surface area contributed by atoms with Gasteiger partial charge in [0.25, 0.3) is 0 Å². The first-order chi connectivity index (χ1) is 12.0. The summed E-state index contributed by atoms with van der Waals surface area (Å²) in [6.45, 7) is 8.24. The van der Waals surface area contributed by atoms with Crippen molar-refractivity contribution < 1.29 is 9.53 Å². The SMILES string of the molecule is CC(C)(CNC(=O)Cc1csc(-c2ccccn2)n1)N1CCOCC1. The Morgan fingerprint density at radius 1 is 1.36 bits per heavy atom. The van der Waals surface area contributed by atoms with E-state index in [2.05, 4.69) is 34.0 Å². The number of hydrogen-bond donors (Lipinski definition) is 1. The Morgan fingerprint density at radius 3 is 2.88 bits per heavy atom. The second-order valence-electron chi connectivity index (χ2n) is 6.72. The number of morpholine rings is 1. The van der Waals surface area contributed by atoms with Gasteiger partial charge in [0.15, 0.2) is 0 Å². The van der Waals surface area contributed by atoms with Crippen LogP contribution in [0.3, 0.4) is 0 Å². The zero-order valence-corrected chi connectivity index (χ0v) is 15.5. The van der Waals surface area contributed by atoms with Gasteiger partial charge >= 0.3 is 0 Å². The zero-order chi connectivity index (χ0) is 17.7. The molecular formula is C18H24N4O2S. The molecule has 0 bridgehead atoms. The van der Waals surface area contributed by atoms with E-state index >= 15 is 0 Å². The molecule has 3 rings (SSSR count). The van der Waals surface area contributed by atoms with Crippen molar-refractivity contribution in [2.75, 3.05) is 32.8 Å². The molecular weight excluding hydrogens is 336 g/mol. The molecule has 1 aliphatic rings. The molecule has 0 aromatic carbocycles. The molecule has 1 aliphatic heterocycles. The zero-order valence-electron chi connectivity index (χ0n) is 14.7. The van der Waals surface area contributed by atoms with E-state index < -0.39 is 0 Å². The van der Waals surface area contributed by atoms with E-state index in [-0.39, 0.29) is 11.4 Å². The fourth-order valence-corrected chi connectivity index (χ4v) is 3.61. The normalized spacial score (nSPS) is 15.9. The minimum atomic E-state index is -0.0827. The van der Waals surface area contributed by atoms with Crippen molar-refractivity contribution in [3.8, 4) is 10.7 Å². The quantitative estimate of drug-likeness (QED) is 0.853. The van der Waals surface area contributed by atoms with Crippen LogP contribution in [0.5, 0.6) is 0 Å². The number of hydrogen-bond acceptors (Lipinski definition) is 6. The predicted octanol–water partition coefficient (Wildman–Crippen LogP) is 1.97. The molecule has 1 fully saturated rings. The summed E-state index contributed by atoms with van der Waals surface area (Å²) >= 11 is 1.52. The summed E-state index contributed by atoms with van der Waals surface area (Å²) in [5, 5.41) is 5.82. The highest BCUT2D eigenvalue weighted by Crippen LogP contribution is 2.21. The largest absolute Gasteiger partial charge is 0.379 e. The molecule has 2 aromatic rings. The van der Waals surface area contributed by atoms with Crippen LogP contribution in [-0.4, -0.2) is 59.2 Å². The van der Waals surface area contributed by atoms with Crippen LogP contribution < -0.4 is 5.32 Å². The van der Waals surface area contributed by atoms with E-state index in [0.29, 0.717) is 13.0 Å². The minimum Gasteiger partial charge on any atom is -0.379 e. The Kier molecular flexibility index (Phi) is 5.78. The Labute approximate surface area is 152 Å². The van der Waals surface area contributed by atoms with Crippen LogP contribution in [0.25, 0.3) is 10.7 Å². The second kappa shape index (κ2) is 8.03. The highest BCUT2D eigenvalue weighted by Gasteiger charge is 2.28. The summed E-state index contributed by atoms with van der Waals surface area (Å²) < 4.78 is 5.40. The molecule has 0 radical (unpaired) electrons.